The van der Waals surface area contributed by atoms with Crippen LogP contribution >= 0.6 is 0 Å². The van der Waals surface area contributed by atoms with Crippen molar-refractivity contribution in [2.75, 3.05) is 0 Å². The number of nitrogens with two attached hydrogens (primary N) is 1. The largest absolute Gasteiger partial charge is 0.433 e. The molecule has 1 unspecified atom stereocenters. The Labute approximate surface area is 79.3 Å². The number of hydrogen-bond acceptors (Lipinski definition) is 2. The molecule has 76 valence electrons. The van der Waals surface area contributed by atoms with Crippen LogP contribution in [0, 0.1) is 0 Å². The predicted octanol–water partition coefficient (Wildman–Crippen LogP) is 2.29. The minimum atomic E-state index is -4.41. The van der Waals surface area contributed by atoms with E-state index in [9.17, 15) is 13.2 Å². The molecule has 0 aliphatic heterocycles. The van der Waals surface area contributed by atoms with Gasteiger partial charge in [-0.25, -0.2) is 0 Å². The molecule has 0 bridgehead atoms. The molecule has 1 heterocycles. The van der Waals surface area contributed by atoms with E-state index >= 15 is 0 Å². The molecule has 0 saturated heterocycles. The van der Waals surface area contributed by atoms with Gasteiger partial charge in [0.1, 0.15) is 5.69 Å². The molecule has 5 heteroatoms. The fourth-order valence-corrected chi connectivity index (χ4v) is 0.906. The van der Waals surface area contributed by atoms with Gasteiger partial charge in [0.2, 0.25) is 0 Å². The number of nitrogens with zero attached hydrogens (tertiary/aromatic N) is 1. The summed E-state index contributed by atoms with van der Waals surface area (Å²) in [5.74, 6) is 0. The standard InChI is InChI=1S/C9H9F3N2/c1-2-7(13)6-3-4-8(14-5-6)9(10,11)12/h2-5,7H,1,13H2. The van der Waals surface area contributed by atoms with Crippen LogP contribution in [-0.4, -0.2) is 4.98 Å². The topological polar surface area (TPSA) is 38.9 Å². The van der Waals surface area contributed by atoms with E-state index in [-0.39, 0.29) is 0 Å². The van der Waals surface area contributed by atoms with Crippen molar-refractivity contribution in [3.8, 4) is 0 Å². The molecule has 2 N–H and O–H groups in total. The number of alkyl halides is 3. The first kappa shape index (κ1) is 10.7. The predicted molar refractivity (Wildman–Crippen MR) is 46.4 cm³/mol. The smallest absolute Gasteiger partial charge is 0.321 e. The Kier molecular flexibility index (Phi) is 2.90. The van der Waals surface area contributed by atoms with Crippen LogP contribution in [0.2, 0.25) is 0 Å². The fraction of sp³-hybridized carbons (Fsp3) is 0.222. The van der Waals surface area contributed by atoms with Gasteiger partial charge in [0, 0.05) is 12.2 Å². The summed E-state index contributed by atoms with van der Waals surface area (Å²) in [7, 11) is 0. The lowest BCUT2D eigenvalue weighted by molar-refractivity contribution is -0.141. The Morgan fingerprint density at radius 2 is 2.07 bits per heavy atom. The molecule has 1 rings (SSSR count). The van der Waals surface area contributed by atoms with Crippen LogP contribution in [0.15, 0.2) is 31.0 Å². The first-order chi connectivity index (χ1) is 6.45. The molecule has 0 amide bonds. The molecule has 0 fully saturated rings. The first-order valence-electron chi connectivity index (χ1n) is 3.86. The van der Waals surface area contributed by atoms with Crippen molar-refractivity contribution in [1.82, 2.24) is 4.98 Å². The number of aromatic nitrogens is 1. The van der Waals surface area contributed by atoms with Gasteiger partial charge in [-0.2, -0.15) is 13.2 Å². The summed E-state index contributed by atoms with van der Waals surface area (Å²) in [5, 5.41) is 0. The highest BCUT2D eigenvalue weighted by Gasteiger charge is 2.32. The van der Waals surface area contributed by atoms with Crippen molar-refractivity contribution >= 4 is 0 Å². The van der Waals surface area contributed by atoms with Crippen LogP contribution < -0.4 is 5.73 Å². The molecule has 0 aliphatic rings. The van der Waals surface area contributed by atoms with Crippen molar-refractivity contribution in [3.05, 3.63) is 42.2 Å². The second-order valence-corrected chi connectivity index (χ2v) is 2.74. The van der Waals surface area contributed by atoms with E-state index in [2.05, 4.69) is 11.6 Å². The average Bonchev–Trinajstić information content (AvgIpc) is 2.15. The summed E-state index contributed by atoms with van der Waals surface area (Å²) in [6.07, 6.45) is -1.86. The van der Waals surface area contributed by atoms with E-state index in [1.807, 2.05) is 0 Å². The van der Waals surface area contributed by atoms with Crippen molar-refractivity contribution in [2.45, 2.75) is 12.2 Å². The van der Waals surface area contributed by atoms with Crippen molar-refractivity contribution in [3.63, 3.8) is 0 Å². The number of pyridine rings is 1. The van der Waals surface area contributed by atoms with Gasteiger partial charge in [-0.05, 0) is 11.6 Å². The maximum atomic E-state index is 12.1. The summed E-state index contributed by atoms with van der Waals surface area (Å²) < 4.78 is 36.3. The third-order valence-corrected chi connectivity index (χ3v) is 1.72. The molecular weight excluding hydrogens is 193 g/mol. The molecule has 1 atom stereocenters. The van der Waals surface area contributed by atoms with Gasteiger partial charge >= 0.3 is 6.18 Å². The van der Waals surface area contributed by atoms with Crippen LogP contribution in [0.1, 0.15) is 17.3 Å². The van der Waals surface area contributed by atoms with Gasteiger partial charge < -0.3 is 5.73 Å². The molecule has 0 saturated carbocycles. The second kappa shape index (κ2) is 3.79. The second-order valence-electron chi connectivity index (χ2n) is 2.74. The molecule has 0 radical (unpaired) electrons. The van der Waals surface area contributed by atoms with E-state index in [0.717, 1.165) is 12.3 Å². The lowest BCUT2D eigenvalue weighted by Crippen LogP contribution is -2.11. The number of halogens is 3. The first-order valence-corrected chi connectivity index (χ1v) is 3.86. The van der Waals surface area contributed by atoms with Crippen LogP contribution in [0.3, 0.4) is 0 Å². The zero-order valence-electron chi connectivity index (χ0n) is 7.25. The van der Waals surface area contributed by atoms with Crippen LogP contribution in [0.25, 0.3) is 0 Å². The highest BCUT2D eigenvalue weighted by molar-refractivity contribution is 5.21. The maximum Gasteiger partial charge on any atom is 0.433 e. The van der Waals surface area contributed by atoms with Crippen LogP contribution in [0.4, 0.5) is 13.2 Å². The highest BCUT2D eigenvalue weighted by atomic mass is 19.4. The van der Waals surface area contributed by atoms with E-state index in [0.29, 0.717) is 5.56 Å². The molecule has 0 spiro atoms. The minimum Gasteiger partial charge on any atom is -0.321 e. The fourth-order valence-electron chi connectivity index (χ4n) is 0.906. The van der Waals surface area contributed by atoms with Gasteiger partial charge in [0.25, 0.3) is 0 Å². The van der Waals surface area contributed by atoms with E-state index in [4.69, 9.17) is 5.73 Å². The molecule has 2 nitrogen and oxygen atoms in total. The summed E-state index contributed by atoms with van der Waals surface area (Å²) >= 11 is 0. The third-order valence-electron chi connectivity index (χ3n) is 1.72. The van der Waals surface area contributed by atoms with Gasteiger partial charge in [-0.1, -0.05) is 12.1 Å². The quantitative estimate of drug-likeness (QED) is 0.747. The van der Waals surface area contributed by atoms with Crippen LogP contribution in [0.5, 0.6) is 0 Å². The van der Waals surface area contributed by atoms with Crippen molar-refractivity contribution < 1.29 is 13.2 Å². The Hall–Kier alpha value is -1.36. The average molecular weight is 202 g/mol. The lowest BCUT2D eigenvalue weighted by atomic mass is 10.1. The SMILES string of the molecule is C=CC(N)c1ccc(C(F)(F)F)nc1. The van der Waals surface area contributed by atoms with Crippen molar-refractivity contribution in [2.24, 2.45) is 5.73 Å². The van der Waals surface area contributed by atoms with E-state index in [1.165, 1.54) is 12.1 Å². The monoisotopic (exact) mass is 202 g/mol. The van der Waals surface area contributed by atoms with Gasteiger partial charge in [-0.3, -0.25) is 4.98 Å². The van der Waals surface area contributed by atoms with Crippen molar-refractivity contribution in [1.29, 1.82) is 0 Å². The zero-order valence-corrected chi connectivity index (χ0v) is 7.25. The van der Waals surface area contributed by atoms with E-state index in [1.54, 1.807) is 0 Å². The van der Waals surface area contributed by atoms with Gasteiger partial charge in [0.05, 0.1) is 0 Å². The Balaban J connectivity index is 2.95. The highest BCUT2D eigenvalue weighted by Crippen LogP contribution is 2.27. The normalized spacial score (nSPS) is 13.7. The maximum absolute atomic E-state index is 12.1. The van der Waals surface area contributed by atoms with Crippen LogP contribution in [-0.2, 0) is 6.18 Å². The summed E-state index contributed by atoms with van der Waals surface area (Å²) in [6, 6.07) is 1.71. The number of rotatable bonds is 2. The van der Waals surface area contributed by atoms with Gasteiger partial charge in [0.15, 0.2) is 0 Å². The van der Waals surface area contributed by atoms with Gasteiger partial charge in [-0.15, -0.1) is 6.58 Å². The molecule has 14 heavy (non-hydrogen) atoms. The molecular formula is C9H9F3N2. The number of hydrogen-bond donors (Lipinski definition) is 1. The summed E-state index contributed by atoms with van der Waals surface area (Å²) in [4.78, 5) is 3.27. The molecule has 1 aromatic rings. The minimum absolute atomic E-state index is 0.482. The lowest BCUT2D eigenvalue weighted by Gasteiger charge is -2.08. The Morgan fingerprint density at radius 3 is 2.43 bits per heavy atom. The zero-order chi connectivity index (χ0) is 10.8. The summed E-state index contributed by atoms with van der Waals surface area (Å²) in [6.45, 7) is 3.43. The molecule has 0 aliphatic carbocycles. The van der Waals surface area contributed by atoms with E-state index < -0.39 is 17.9 Å². The third kappa shape index (κ3) is 2.32. The Morgan fingerprint density at radius 1 is 1.43 bits per heavy atom. The molecule has 1 aromatic heterocycles. The Bertz CT molecular complexity index is 316. The summed E-state index contributed by atoms with van der Waals surface area (Å²) in [5.41, 5.74) is 5.10. The molecule has 0 aromatic carbocycles.